The van der Waals surface area contributed by atoms with Crippen LogP contribution in [0.25, 0.3) is 0 Å². The van der Waals surface area contributed by atoms with Gasteiger partial charge in [-0.05, 0) is 49.9 Å². The summed E-state index contributed by atoms with van der Waals surface area (Å²) in [5.41, 5.74) is 1.97. The number of nitrogens with zero attached hydrogens (tertiary/aromatic N) is 1. The van der Waals surface area contributed by atoms with Crippen molar-refractivity contribution in [3.63, 3.8) is 0 Å². The van der Waals surface area contributed by atoms with E-state index in [0.717, 1.165) is 11.1 Å². The number of hydrogen-bond donors (Lipinski definition) is 0. The lowest BCUT2D eigenvalue weighted by Crippen LogP contribution is -2.35. The number of aryl methyl sites for hydroxylation is 2. The van der Waals surface area contributed by atoms with Crippen LogP contribution in [0.2, 0.25) is 0 Å². The van der Waals surface area contributed by atoms with Crippen LogP contribution in [0, 0.1) is 25.2 Å². The van der Waals surface area contributed by atoms with Gasteiger partial charge in [-0.3, -0.25) is 0 Å². The summed E-state index contributed by atoms with van der Waals surface area (Å²) in [6, 6.07) is 7.03. The Morgan fingerprint density at radius 3 is 2.11 bits per heavy atom. The molecule has 18 heavy (non-hydrogen) atoms. The minimum Gasteiger partial charge on any atom is -0.222 e. The number of sulfone groups is 1. The summed E-state index contributed by atoms with van der Waals surface area (Å²) in [6.45, 7) is 7.29. The molecule has 0 aromatic heterocycles. The Labute approximate surface area is 109 Å². The van der Waals surface area contributed by atoms with Gasteiger partial charge in [-0.1, -0.05) is 19.9 Å². The van der Waals surface area contributed by atoms with Gasteiger partial charge in [0.25, 0.3) is 0 Å². The van der Waals surface area contributed by atoms with Crippen molar-refractivity contribution in [2.45, 2.75) is 50.2 Å². The zero-order valence-corrected chi connectivity index (χ0v) is 12.1. The van der Waals surface area contributed by atoms with Crippen LogP contribution < -0.4 is 0 Å². The van der Waals surface area contributed by atoms with Crippen LogP contribution in [0.1, 0.15) is 37.8 Å². The van der Waals surface area contributed by atoms with E-state index < -0.39 is 14.6 Å². The summed E-state index contributed by atoms with van der Waals surface area (Å²) in [5, 5.41) is 9.27. The second-order valence-corrected chi connectivity index (χ2v) is 6.82. The molecule has 0 saturated heterocycles. The maximum absolute atomic E-state index is 12.6. The zero-order valence-electron chi connectivity index (χ0n) is 11.3. The van der Waals surface area contributed by atoms with Gasteiger partial charge in [0.1, 0.15) is 0 Å². The molecule has 0 aliphatic heterocycles. The van der Waals surface area contributed by atoms with E-state index in [1.165, 1.54) is 0 Å². The summed E-state index contributed by atoms with van der Waals surface area (Å²) < 4.78 is 23.9. The van der Waals surface area contributed by atoms with Crippen molar-refractivity contribution in [3.8, 4) is 6.07 Å². The molecule has 3 nitrogen and oxygen atoms in total. The molecule has 0 atom stereocenters. The fourth-order valence-corrected chi connectivity index (χ4v) is 3.87. The molecule has 0 fully saturated rings. The van der Waals surface area contributed by atoms with Gasteiger partial charge in [0.15, 0.2) is 14.6 Å². The Bertz CT molecular complexity index is 578. The molecule has 0 spiro atoms. The van der Waals surface area contributed by atoms with Crippen molar-refractivity contribution >= 4 is 9.84 Å². The SMILES string of the molecule is CCC(C#N)(CC)S(=O)(=O)c1ccc(C)c(C)c1. The molecule has 1 rings (SSSR count). The lowest BCUT2D eigenvalue weighted by atomic mass is 10.1. The van der Waals surface area contributed by atoms with Crippen LogP contribution in [-0.4, -0.2) is 13.2 Å². The van der Waals surface area contributed by atoms with E-state index in [1.807, 2.05) is 19.9 Å². The van der Waals surface area contributed by atoms with Gasteiger partial charge >= 0.3 is 0 Å². The summed E-state index contributed by atoms with van der Waals surface area (Å²) in [4.78, 5) is 0.246. The van der Waals surface area contributed by atoms with Crippen molar-refractivity contribution in [2.24, 2.45) is 0 Å². The van der Waals surface area contributed by atoms with Crippen molar-refractivity contribution < 1.29 is 8.42 Å². The Morgan fingerprint density at radius 2 is 1.72 bits per heavy atom. The van der Waals surface area contributed by atoms with Gasteiger partial charge in [0.05, 0.1) is 11.0 Å². The highest BCUT2D eigenvalue weighted by Gasteiger charge is 2.42. The summed E-state index contributed by atoms with van der Waals surface area (Å²) in [5.74, 6) is 0. The first-order valence-corrected chi connectivity index (χ1v) is 7.56. The highest BCUT2D eigenvalue weighted by molar-refractivity contribution is 7.93. The Morgan fingerprint density at radius 1 is 1.17 bits per heavy atom. The number of benzene rings is 1. The van der Waals surface area contributed by atoms with Gasteiger partial charge in [-0.15, -0.1) is 0 Å². The second kappa shape index (κ2) is 5.11. The van der Waals surface area contributed by atoms with Crippen LogP contribution in [0.15, 0.2) is 23.1 Å². The Balaban J connectivity index is 3.47. The maximum Gasteiger partial charge on any atom is 0.197 e. The van der Waals surface area contributed by atoms with E-state index in [4.69, 9.17) is 0 Å². The predicted molar refractivity (Wildman–Crippen MR) is 72.0 cm³/mol. The third-order valence-electron chi connectivity index (χ3n) is 3.65. The lowest BCUT2D eigenvalue weighted by Gasteiger charge is -2.23. The normalized spacial score (nSPS) is 12.2. The molecular formula is C14H19NO2S. The minimum atomic E-state index is -3.61. The van der Waals surface area contributed by atoms with E-state index in [1.54, 1.807) is 32.0 Å². The maximum atomic E-state index is 12.6. The molecule has 98 valence electrons. The monoisotopic (exact) mass is 265 g/mol. The molecule has 0 amide bonds. The van der Waals surface area contributed by atoms with Crippen LogP contribution >= 0.6 is 0 Å². The van der Waals surface area contributed by atoms with E-state index in [9.17, 15) is 13.7 Å². The molecule has 0 saturated carbocycles. The van der Waals surface area contributed by atoms with Gasteiger partial charge < -0.3 is 0 Å². The third kappa shape index (κ3) is 2.15. The molecule has 0 unspecified atom stereocenters. The van der Waals surface area contributed by atoms with Crippen LogP contribution in [0.5, 0.6) is 0 Å². The highest BCUT2D eigenvalue weighted by atomic mass is 32.2. The van der Waals surface area contributed by atoms with Gasteiger partial charge in [0, 0.05) is 0 Å². The summed E-state index contributed by atoms with van der Waals surface area (Å²) in [7, 11) is -3.61. The Kier molecular flexibility index (Phi) is 4.18. The van der Waals surface area contributed by atoms with Crippen molar-refractivity contribution in [1.82, 2.24) is 0 Å². The average Bonchev–Trinajstić information content (AvgIpc) is 2.35. The molecular weight excluding hydrogens is 246 g/mol. The molecule has 0 aliphatic carbocycles. The van der Waals surface area contributed by atoms with E-state index >= 15 is 0 Å². The Hall–Kier alpha value is -1.34. The first-order chi connectivity index (χ1) is 8.34. The summed E-state index contributed by atoms with van der Waals surface area (Å²) >= 11 is 0. The van der Waals surface area contributed by atoms with Crippen LogP contribution in [0.3, 0.4) is 0 Å². The van der Waals surface area contributed by atoms with Crippen LogP contribution in [-0.2, 0) is 9.84 Å². The minimum absolute atomic E-state index is 0.246. The smallest absolute Gasteiger partial charge is 0.197 e. The van der Waals surface area contributed by atoms with Crippen molar-refractivity contribution in [3.05, 3.63) is 29.3 Å². The van der Waals surface area contributed by atoms with Gasteiger partial charge in [-0.25, -0.2) is 8.42 Å². The van der Waals surface area contributed by atoms with Gasteiger partial charge in [0.2, 0.25) is 0 Å². The average molecular weight is 265 g/mol. The highest BCUT2D eigenvalue weighted by Crippen LogP contribution is 2.32. The molecule has 0 heterocycles. The fraction of sp³-hybridized carbons (Fsp3) is 0.500. The van der Waals surface area contributed by atoms with Crippen molar-refractivity contribution in [1.29, 1.82) is 5.26 Å². The van der Waals surface area contributed by atoms with E-state index in [2.05, 4.69) is 0 Å². The first-order valence-electron chi connectivity index (χ1n) is 6.07. The molecule has 0 N–H and O–H groups in total. The first kappa shape index (κ1) is 14.7. The largest absolute Gasteiger partial charge is 0.222 e. The molecule has 1 aromatic carbocycles. The molecule has 4 heteroatoms. The number of hydrogen-bond acceptors (Lipinski definition) is 3. The van der Waals surface area contributed by atoms with Crippen LogP contribution in [0.4, 0.5) is 0 Å². The number of rotatable bonds is 4. The van der Waals surface area contributed by atoms with E-state index in [-0.39, 0.29) is 4.90 Å². The topological polar surface area (TPSA) is 57.9 Å². The quantitative estimate of drug-likeness (QED) is 0.840. The molecule has 0 radical (unpaired) electrons. The fourth-order valence-electron chi connectivity index (χ4n) is 1.95. The van der Waals surface area contributed by atoms with Crippen molar-refractivity contribution in [2.75, 3.05) is 0 Å². The van der Waals surface area contributed by atoms with E-state index in [0.29, 0.717) is 12.8 Å². The number of nitriles is 1. The molecule has 0 aliphatic rings. The summed E-state index contributed by atoms with van der Waals surface area (Å²) in [6.07, 6.45) is 0.602. The van der Waals surface area contributed by atoms with Gasteiger partial charge in [-0.2, -0.15) is 5.26 Å². The predicted octanol–water partition coefficient (Wildman–Crippen LogP) is 3.16. The third-order valence-corrected chi connectivity index (χ3v) is 6.22. The second-order valence-electron chi connectivity index (χ2n) is 4.56. The molecule has 0 bridgehead atoms. The molecule has 1 aromatic rings. The lowest BCUT2D eigenvalue weighted by molar-refractivity contribution is 0.539. The standard InChI is InChI=1S/C14H19NO2S/c1-5-14(6-2,10-15)18(16,17)13-8-7-11(3)12(4)9-13/h7-9H,5-6H2,1-4H3. The zero-order chi connectivity index (χ0) is 14.0.